The summed E-state index contributed by atoms with van der Waals surface area (Å²) in [5.74, 6) is -0.0603. The van der Waals surface area contributed by atoms with Crippen LogP contribution in [0.25, 0.3) is 10.9 Å². The molecule has 3 aromatic rings. The number of benzene rings is 2. The molecule has 1 heterocycles. The molecule has 0 spiro atoms. The number of thioether (sulfide) groups is 1. The molecule has 0 bridgehead atoms. The molecule has 1 aromatic heterocycles. The third-order valence-electron chi connectivity index (χ3n) is 4.94. The number of rotatable bonds is 7. The lowest BCUT2D eigenvalue weighted by molar-refractivity contribution is -0.116. The van der Waals surface area contributed by atoms with Crippen LogP contribution >= 0.6 is 23.4 Å². The molecule has 32 heavy (non-hydrogen) atoms. The fraction of sp³-hybridized carbons (Fsp3) is 0.333. The second-order valence-electron chi connectivity index (χ2n) is 7.91. The Morgan fingerprint density at radius 3 is 2.53 bits per heavy atom. The number of nitriles is 1. The molecule has 0 aliphatic heterocycles. The lowest BCUT2D eigenvalue weighted by Gasteiger charge is -2.23. The van der Waals surface area contributed by atoms with E-state index in [4.69, 9.17) is 16.9 Å². The van der Waals surface area contributed by atoms with E-state index >= 15 is 0 Å². The average Bonchev–Trinajstić information content (AvgIpc) is 2.71. The molecule has 166 valence electrons. The van der Waals surface area contributed by atoms with E-state index in [-0.39, 0.29) is 29.7 Å². The molecule has 0 aliphatic carbocycles. The third-order valence-corrected chi connectivity index (χ3v) is 6.11. The van der Waals surface area contributed by atoms with Crippen LogP contribution in [0.15, 0.2) is 46.3 Å². The minimum Gasteiger partial charge on any atom is -0.311 e. The van der Waals surface area contributed by atoms with Crippen LogP contribution in [0, 0.1) is 25.2 Å². The number of fused-ring (bicyclic) bond motifs is 1. The van der Waals surface area contributed by atoms with Gasteiger partial charge in [-0.05, 0) is 69.2 Å². The molecule has 3 rings (SSSR count). The Morgan fingerprint density at radius 1 is 1.22 bits per heavy atom. The maximum Gasteiger partial charge on any atom is 0.262 e. The first-order valence-electron chi connectivity index (χ1n) is 10.3. The predicted molar refractivity (Wildman–Crippen MR) is 131 cm³/mol. The molecule has 0 saturated carbocycles. The first-order valence-corrected chi connectivity index (χ1v) is 11.7. The van der Waals surface area contributed by atoms with Gasteiger partial charge in [-0.3, -0.25) is 14.2 Å². The van der Waals surface area contributed by atoms with Crippen LogP contribution in [0.3, 0.4) is 0 Å². The number of hydrogen-bond donors (Lipinski definition) is 0. The Morgan fingerprint density at radius 2 is 1.91 bits per heavy atom. The van der Waals surface area contributed by atoms with Crippen molar-refractivity contribution < 1.29 is 4.79 Å². The van der Waals surface area contributed by atoms with Crippen molar-refractivity contribution in [3.8, 4) is 6.07 Å². The maximum atomic E-state index is 13.2. The Bertz CT molecular complexity index is 1240. The summed E-state index contributed by atoms with van der Waals surface area (Å²) < 4.78 is 1.60. The van der Waals surface area contributed by atoms with Crippen LogP contribution in [0.5, 0.6) is 0 Å². The molecule has 8 heteroatoms. The van der Waals surface area contributed by atoms with Gasteiger partial charge in [0.1, 0.15) is 0 Å². The van der Waals surface area contributed by atoms with Gasteiger partial charge in [0.25, 0.3) is 5.56 Å². The van der Waals surface area contributed by atoms with Crippen molar-refractivity contribution in [2.24, 2.45) is 0 Å². The van der Waals surface area contributed by atoms with Gasteiger partial charge in [-0.1, -0.05) is 29.4 Å². The lowest BCUT2D eigenvalue weighted by atomic mass is 10.1. The molecule has 0 fully saturated rings. The zero-order valence-electron chi connectivity index (χ0n) is 18.6. The van der Waals surface area contributed by atoms with Crippen molar-refractivity contribution in [2.45, 2.75) is 45.3 Å². The average molecular weight is 469 g/mol. The van der Waals surface area contributed by atoms with Crippen molar-refractivity contribution in [1.29, 1.82) is 5.26 Å². The topological polar surface area (TPSA) is 79.0 Å². The quantitative estimate of drug-likeness (QED) is 0.348. The highest BCUT2D eigenvalue weighted by molar-refractivity contribution is 7.99. The van der Waals surface area contributed by atoms with Crippen LogP contribution in [0.4, 0.5) is 5.69 Å². The van der Waals surface area contributed by atoms with Crippen molar-refractivity contribution >= 4 is 45.9 Å². The fourth-order valence-corrected chi connectivity index (χ4v) is 4.75. The van der Waals surface area contributed by atoms with Gasteiger partial charge in [0.05, 0.1) is 29.1 Å². The van der Waals surface area contributed by atoms with E-state index in [0.717, 1.165) is 16.8 Å². The summed E-state index contributed by atoms with van der Waals surface area (Å²) in [5, 5.41) is 10.5. The van der Waals surface area contributed by atoms with E-state index in [1.807, 2.05) is 45.9 Å². The number of carbonyl (C=O) groups is 1. The van der Waals surface area contributed by atoms with Crippen LogP contribution < -0.4 is 10.5 Å². The second kappa shape index (κ2) is 10.2. The van der Waals surface area contributed by atoms with Crippen molar-refractivity contribution in [3.63, 3.8) is 0 Å². The van der Waals surface area contributed by atoms with E-state index in [1.54, 1.807) is 27.7 Å². The highest BCUT2D eigenvalue weighted by atomic mass is 35.5. The Hall–Kier alpha value is -2.82. The summed E-state index contributed by atoms with van der Waals surface area (Å²) in [6.45, 7) is 8.07. The molecular weight excluding hydrogens is 444 g/mol. The van der Waals surface area contributed by atoms with Gasteiger partial charge in [-0.15, -0.1) is 0 Å². The minimum atomic E-state index is -0.160. The fourth-order valence-electron chi connectivity index (χ4n) is 3.58. The normalized spacial score (nSPS) is 11.0. The van der Waals surface area contributed by atoms with Crippen LogP contribution in [0.2, 0.25) is 5.02 Å². The Kier molecular flexibility index (Phi) is 7.60. The summed E-state index contributed by atoms with van der Waals surface area (Å²) in [7, 11) is 0. The number of carbonyl (C=O) groups excluding carboxylic acids is 1. The van der Waals surface area contributed by atoms with Gasteiger partial charge in [-0.25, -0.2) is 4.98 Å². The summed E-state index contributed by atoms with van der Waals surface area (Å²) in [6.07, 6.45) is 0.229. The number of anilines is 1. The Labute approximate surface area is 196 Å². The standard InChI is InChI=1S/C24H25ClN4O2S/c1-15(2)29-23(31)20-7-6-18(25)13-21(20)27-24(29)32-14-22(30)28(9-5-8-26)19-11-16(3)10-17(4)12-19/h6-7,10-13,15H,5,9,14H2,1-4H3. The highest BCUT2D eigenvalue weighted by Gasteiger charge is 2.20. The maximum absolute atomic E-state index is 13.2. The molecule has 0 radical (unpaired) electrons. The van der Waals surface area contributed by atoms with E-state index in [0.29, 0.717) is 27.6 Å². The molecule has 1 amide bonds. The van der Waals surface area contributed by atoms with Gasteiger partial charge in [0.2, 0.25) is 5.91 Å². The van der Waals surface area contributed by atoms with E-state index in [2.05, 4.69) is 11.1 Å². The molecule has 0 atom stereocenters. The van der Waals surface area contributed by atoms with Crippen molar-refractivity contribution in [1.82, 2.24) is 9.55 Å². The van der Waals surface area contributed by atoms with Gasteiger partial charge in [0, 0.05) is 23.3 Å². The summed E-state index contributed by atoms with van der Waals surface area (Å²) >= 11 is 7.31. The minimum absolute atomic E-state index is 0.0870. The summed E-state index contributed by atoms with van der Waals surface area (Å²) in [5.41, 5.74) is 3.20. The largest absolute Gasteiger partial charge is 0.311 e. The molecule has 6 nitrogen and oxygen atoms in total. The number of aromatic nitrogens is 2. The van der Waals surface area contributed by atoms with Crippen LogP contribution in [-0.4, -0.2) is 27.8 Å². The number of halogens is 1. The SMILES string of the molecule is Cc1cc(C)cc(N(CCC#N)C(=O)CSc2nc3cc(Cl)ccc3c(=O)n2C(C)C)c1. The molecule has 0 saturated heterocycles. The van der Waals surface area contributed by atoms with E-state index in [9.17, 15) is 9.59 Å². The van der Waals surface area contributed by atoms with Gasteiger partial charge in [0.15, 0.2) is 5.16 Å². The zero-order chi connectivity index (χ0) is 23.4. The molecule has 0 unspecified atom stereocenters. The summed E-state index contributed by atoms with van der Waals surface area (Å²) in [4.78, 5) is 32.5. The van der Waals surface area contributed by atoms with Gasteiger partial charge < -0.3 is 4.90 Å². The number of aryl methyl sites for hydroxylation is 2. The van der Waals surface area contributed by atoms with Crippen molar-refractivity contribution in [2.75, 3.05) is 17.2 Å². The van der Waals surface area contributed by atoms with Gasteiger partial charge in [-0.2, -0.15) is 5.26 Å². The first-order chi connectivity index (χ1) is 15.2. The lowest BCUT2D eigenvalue weighted by Crippen LogP contribution is -2.34. The molecule has 2 aromatic carbocycles. The highest BCUT2D eigenvalue weighted by Crippen LogP contribution is 2.25. The number of amides is 1. The monoisotopic (exact) mass is 468 g/mol. The number of nitrogens with zero attached hydrogens (tertiary/aromatic N) is 4. The van der Waals surface area contributed by atoms with Crippen LogP contribution in [-0.2, 0) is 4.79 Å². The van der Waals surface area contributed by atoms with Gasteiger partial charge >= 0.3 is 0 Å². The smallest absolute Gasteiger partial charge is 0.262 e. The molecule has 0 N–H and O–H groups in total. The van der Waals surface area contributed by atoms with E-state index in [1.165, 1.54) is 11.8 Å². The predicted octanol–water partition coefficient (Wildman–Crippen LogP) is 5.29. The molecule has 0 aliphatic rings. The van der Waals surface area contributed by atoms with Crippen molar-refractivity contribution in [3.05, 3.63) is 62.9 Å². The second-order valence-corrected chi connectivity index (χ2v) is 9.29. The van der Waals surface area contributed by atoms with E-state index < -0.39 is 0 Å². The van der Waals surface area contributed by atoms with Crippen LogP contribution in [0.1, 0.15) is 37.4 Å². The Balaban J connectivity index is 1.94. The molecular formula is C24H25ClN4O2S. The first kappa shape index (κ1) is 23.8. The third kappa shape index (κ3) is 5.32. The zero-order valence-corrected chi connectivity index (χ0v) is 20.1. The summed E-state index contributed by atoms with van der Waals surface area (Å²) in [6, 6.07) is 12.9. The number of hydrogen-bond acceptors (Lipinski definition) is 5.